The number of aromatic nitrogens is 1. The molecule has 0 bridgehead atoms. The minimum absolute atomic E-state index is 0.621. The van der Waals surface area contributed by atoms with Gasteiger partial charge in [-0.1, -0.05) is 13.0 Å². The van der Waals surface area contributed by atoms with Gasteiger partial charge in [0.25, 0.3) is 0 Å². The van der Waals surface area contributed by atoms with Crippen LogP contribution in [0, 0.1) is 0 Å². The smallest absolute Gasteiger partial charge is 0.0459 e. The normalized spacial score (nSPS) is 19.2. The van der Waals surface area contributed by atoms with E-state index < -0.39 is 0 Å². The summed E-state index contributed by atoms with van der Waals surface area (Å²) in [6.07, 6.45) is 3.42. The Morgan fingerprint density at radius 1 is 1.38 bits per heavy atom. The van der Waals surface area contributed by atoms with E-state index in [1.807, 2.05) is 0 Å². The number of hydrogen-bond acceptors (Lipinski definition) is 1. The zero-order valence-corrected chi connectivity index (χ0v) is 9.93. The van der Waals surface area contributed by atoms with Crippen LogP contribution in [0.2, 0.25) is 0 Å². The molecule has 0 amide bonds. The largest absolute Gasteiger partial charge is 0.358 e. The molecule has 1 aromatic carbocycles. The highest BCUT2D eigenvalue weighted by molar-refractivity contribution is 5.86. The number of H-pyrrole nitrogens is 1. The molecule has 1 aliphatic rings. The summed E-state index contributed by atoms with van der Waals surface area (Å²) < 4.78 is 0. The summed E-state index contributed by atoms with van der Waals surface area (Å²) in [7, 11) is 2.05. The van der Waals surface area contributed by atoms with Crippen molar-refractivity contribution < 1.29 is 0 Å². The van der Waals surface area contributed by atoms with E-state index in [1.165, 1.54) is 34.1 Å². The molecule has 84 valence electrons. The number of nitrogens with one attached hydrogen (secondary N) is 2. The second kappa shape index (κ2) is 3.63. The first-order valence-electron chi connectivity index (χ1n) is 6.11. The summed E-state index contributed by atoms with van der Waals surface area (Å²) in [5.41, 5.74) is 5.70. The van der Waals surface area contributed by atoms with E-state index in [2.05, 4.69) is 42.5 Å². The lowest BCUT2D eigenvalue weighted by atomic mass is 10.1. The fourth-order valence-corrected chi connectivity index (χ4v) is 2.75. The summed E-state index contributed by atoms with van der Waals surface area (Å²) in [6.45, 7) is 2.21. The van der Waals surface area contributed by atoms with Gasteiger partial charge in [-0.15, -0.1) is 0 Å². The van der Waals surface area contributed by atoms with E-state index in [9.17, 15) is 0 Å². The Balaban J connectivity index is 2.12. The zero-order chi connectivity index (χ0) is 11.1. The van der Waals surface area contributed by atoms with Crippen LogP contribution >= 0.6 is 0 Å². The molecule has 2 nitrogen and oxygen atoms in total. The maximum atomic E-state index is 3.55. The predicted molar refractivity (Wildman–Crippen MR) is 67.9 cm³/mol. The highest BCUT2D eigenvalue weighted by atomic mass is 14.9. The summed E-state index contributed by atoms with van der Waals surface area (Å²) in [5, 5.41) is 4.81. The van der Waals surface area contributed by atoms with Crippen molar-refractivity contribution in [2.24, 2.45) is 0 Å². The molecule has 2 aromatic rings. The van der Waals surface area contributed by atoms with Gasteiger partial charge >= 0.3 is 0 Å². The van der Waals surface area contributed by atoms with Gasteiger partial charge in [-0.25, -0.2) is 0 Å². The van der Waals surface area contributed by atoms with Gasteiger partial charge in [0.2, 0.25) is 0 Å². The van der Waals surface area contributed by atoms with Crippen molar-refractivity contribution in [2.45, 2.75) is 32.2 Å². The van der Waals surface area contributed by atoms with Crippen LogP contribution in [-0.4, -0.2) is 18.1 Å². The van der Waals surface area contributed by atoms with Crippen molar-refractivity contribution in [1.29, 1.82) is 0 Å². The zero-order valence-electron chi connectivity index (χ0n) is 9.93. The van der Waals surface area contributed by atoms with Crippen molar-refractivity contribution >= 4 is 10.9 Å². The maximum Gasteiger partial charge on any atom is 0.0459 e. The molecule has 0 fully saturated rings. The average molecular weight is 214 g/mol. The molecule has 0 radical (unpaired) electrons. The van der Waals surface area contributed by atoms with Gasteiger partial charge in [-0.3, -0.25) is 0 Å². The molecule has 1 aliphatic carbocycles. The number of benzene rings is 1. The summed E-state index contributed by atoms with van der Waals surface area (Å²) >= 11 is 0. The summed E-state index contributed by atoms with van der Waals surface area (Å²) in [4.78, 5) is 3.55. The SMILES string of the molecule is CCc1ccc2[nH]c3c(c2c1)CC(NC)C3. The van der Waals surface area contributed by atoms with E-state index in [1.54, 1.807) is 0 Å². The minimum atomic E-state index is 0.621. The maximum absolute atomic E-state index is 3.55. The van der Waals surface area contributed by atoms with Crippen LogP contribution in [0.15, 0.2) is 18.2 Å². The molecule has 2 N–H and O–H groups in total. The fraction of sp³-hybridized carbons (Fsp3) is 0.429. The highest BCUT2D eigenvalue weighted by Crippen LogP contribution is 2.30. The van der Waals surface area contributed by atoms with Gasteiger partial charge in [0.1, 0.15) is 0 Å². The van der Waals surface area contributed by atoms with Crippen LogP contribution in [0.4, 0.5) is 0 Å². The third kappa shape index (κ3) is 1.37. The van der Waals surface area contributed by atoms with Crippen molar-refractivity contribution in [3.05, 3.63) is 35.0 Å². The lowest BCUT2D eigenvalue weighted by Crippen LogP contribution is -2.25. The van der Waals surface area contributed by atoms with Gasteiger partial charge < -0.3 is 10.3 Å². The Bertz CT molecular complexity index is 525. The van der Waals surface area contributed by atoms with E-state index >= 15 is 0 Å². The molecule has 0 saturated carbocycles. The number of aryl methyl sites for hydroxylation is 1. The number of fused-ring (bicyclic) bond motifs is 3. The lowest BCUT2D eigenvalue weighted by Gasteiger charge is -2.06. The molecule has 0 aliphatic heterocycles. The standard InChI is InChI=1S/C14H18N2/c1-3-9-4-5-13-11(6-9)12-7-10(15-2)8-14(12)16-13/h4-6,10,15-16H,3,7-8H2,1-2H3. The summed E-state index contributed by atoms with van der Waals surface area (Å²) in [6, 6.07) is 7.42. The monoisotopic (exact) mass is 214 g/mol. The first kappa shape index (κ1) is 9.91. The Morgan fingerprint density at radius 3 is 3.00 bits per heavy atom. The number of hydrogen-bond donors (Lipinski definition) is 2. The molecule has 0 spiro atoms. The fourth-order valence-electron chi connectivity index (χ4n) is 2.75. The third-order valence-corrected chi connectivity index (χ3v) is 3.78. The van der Waals surface area contributed by atoms with E-state index in [0.717, 1.165) is 12.8 Å². The molecule has 1 atom stereocenters. The Labute approximate surface area is 96.1 Å². The molecule has 1 heterocycles. The lowest BCUT2D eigenvalue weighted by molar-refractivity contribution is 0.591. The predicted octanol–water partition coefficient (Wildman–Crippen LogP) is 2.42. The number of likely N-dealkylation sites (N-methyl/N-ethyl adjacent to an activating group) is 1. The second-order valence-corrected chi connectivity index (χ2v) is 4.71. The van der Waals surface area contributed by atoms with Crippen LogP contribution in [0.5, 0.6) is 0 Å². The first-order valence-corrected chi connectivity index (χ1v) is 6.11. The number of rotatable bonds is 2. The Hall–Kier alpha value is -1.28. The molecule has 0 saturated heterocycles. The van der Waals surface area contributed by atoms with E-state index in [-0.39, 0.29) is 0 Å². The van der Waals surface area contributed by atoms with Gasteiger partial charge in [0.05, 0.1) is 0 Å². The third-order valence-electron chi connectivity index (χ3n) is 3.78. The van der Waals surface area contributed by atoms with E-state index in [4.69, 9.17) is 0 Å². The second-order valence-electron chi connectivity index (χ2n) is 4.71. The summed E-state index contributed by atoms with van der Waals surface area (Å²) in [5.74, 6) is 0. The van der Waals surface area contributed by atoms with Crippen LogP contribution in [-0.2, 0) is 19.3 Å². The van der Waals surface area contributed by atoms with Gasteiger partial charge in [0.15, 0.2) is 0 Å². The van der Waals surface area contributed by atoms with Gasteiger partial charge in [0, 0.05) is 29.1 Å². The Kier molecular flexibility index (Phi) is 2.25. The van der Waals surface area contributed by atoms with Crippen LogP contribution in [0.1, 0.15) is 23.7 Å². The topological polar surface area (TPSA) is 27.8 Å². The molecule has 2 heteroatoms. The molecule has 3 rings (SSSR count). The van der Waals surface area contributed by atoms with Crippen molar-refractivity contribution in [3.8, 4) is 0 Å². The molecule has 1 unspecified atom stereocenters. The van der Waals surface area contributed by atoms with Crippen LogP contribution in [0.3, 0.4) is 0 Å². The molecular formula is C14H18N2. The van der Waals surface area contributed by atoms with Crippen LogP contribution < -0.4 is 5.32 Å². The van der Waals surface area contributed by atoms with Crippen LogP contribution in [0.25, 0.3) is 10.9 Å². The van der Waals surface area contributed by atoms with Crippen molar-refractivity contribution in [2.75, 3.05) is 7.05 Å². The molecule has 1 aromatic heterocycles. The highest BCUT2D eigenvalue weighted by Gasteiger charge is 2.23. The molecule has 16 heavy (non-hydrogen) atoms. The van der Waals surface area contributed by atoms with Crippen molar-refractivity contribution in [3.63, 3.8) is 0 Å². The number of aromatic amines is 1. The molecular weight excluding hydrogens is 196 g/mol. The van der Waals surface area contributed by atoms with Gasteiger partial charge in [-0.05, 0) is 43.1 Å². The Morgan fingerprint density at radius 2 is 2.25 bits per heavy atom. The van der Waals surface area contributed by atoms with E-state index in [0.29, 0.717) is 6.04 Å². The minimum Gasteiger partial charge on any atom is -0.358 e. The quantitative estimate of drug-likeness (QED) is 0.789. The average Bonchev–Trinajstić information content (AvgIpc) is 2.85. The first-order chi connectivity index (χ1) is 7.81. The van der Waals surface area contributed by atoms with Crippen molar-refractivity contribution in [1.82, 2.24) is 10.3 Å². The van der Waals surface area contributed by atoms with Gasteiger partial charge in [-0.2, -0.15) is 0 Å².